The van der Waals surface area contributed by atoms with Crippen LogP contribution in [-0.2, 0) is 14.6 Å². The van der Waals surface area contributed by atoms with Gasteiger partial charge in [-0.25, -0.2) is 8.42 Å². The Morgan fingerprint density at radius 2 is 1.95 bits per heavy atom. The smallest absolute Gasteiger partial charge is 0.150 e. The lowest BCUT2D eigenvalue weighted by molar-refractivity contribution is -0.130. The van der Waals surface area contributed by atoms with E-state index >= 15 is 0 Å². The first-order valence-corrected chi connectivity index (χ1v) is 9.11. The molecular weight excluding hydrogens is 264 g/mol. The topological polar surface area (TPSA) is 63.6 Å². The van der Waals surface area contributed by atoms with E-state index in [1.807, 2.05) is 0 Å². The van der Waals surface area contributed by atoms with Crippen molar-refractivity contribution in [1.82, 2.24) is 0 Å². The van der Waals surface area contributed by atoms with Crippen LogP contribution in [0, 0.1) is 5.92 Å². The Morgan fingerprint density at radius 3 is 2.42 bits per heavy atom. The van der Waals surface area contributed by atoms with Crippen LogP contribution in [0.1, 0.15) is 52.4 Å². The van der Waals surface area contributed by atoms with Gasteiger partial charge in [-0.3, -0.25) is 0 Å². The highest BCUT2D eigenvalue weighted by molar-refractivity contribution is 7.91. The third kappa shape index (κ3) is 4.72. The van der Waals surface area contributed by atoms with Crippen LogP contribution in [0.3, 0.4) is 0 Å². The fraction of sp³-hybridized carbons (Fsp3) is 1.00. The Kier molecular flexibility index (Phi) is 6.27. The number of ether oxygens (including phenoxy) is 1. The largest absolute Gasteiger partial charge is 0.390 e. The summed E-state index contributed by atoms with van der Waals surface area (Å²) in [5.41, 5.74) is -0.456. The molecule has 1 N–H and O–H groups in total. The summed E-state index contributed by atoms with van der Waals surface area (Å²) in [4.78, 5) is 0. The highest BCUT2D eigenvalue weighted by Gasteiger charge is 2.40. The minimum absolute atomic E-state index is 0.163. The summed E-state index contributed by atoms with van der Waals surface area (Å²) >= 11 is 0. The van der Waals surface area contributed by atoms with Gasteiger partial charge in [-0.2, -0.15) is 0 Å². The molecule has 0 saturated heterocycles. The van der Waals surface area contributed by atoms with E-state index in [9.17, 15) is 13.5 Å². The Bertz CT molecular complexity index is 356. The Morgan fingerprint density at radius 1 is 1.37 bits per heavy atom. The van der Waals surface area contributed by atoms with Crippen LogP contribution in [0.15, 0.2) is 0 Å². The van der Waals surface area contributed by atoms with E-state index < -0.39 is 21.5 Å². The normalized spacial score (nSPS) is 30.2. The Labute approximate surface area is 117 Å². The number of aliphatic hydroxyl groups excluding tert-OH is 1. The molecule has 0 aromatic rings. The molecule has 1 fully saturated rings. The third-order valence-corrected chi connectivity index (χ3v) is 6.30. The van der Waals surface area contributed by atoms with E-state index in [4.69, 9.17) is 4.74 Å². The van der Waals surface area contributed by atoms with Crippen LogP contribution >= 0.6 is 0 Å². The number of rotatable bonds is 7. The Hall–Kier alpha value is -0.130. The van der Waals surface area contributed by atoms with Crippen molar-refractivity contribution in [2.75, 3.05) is 18.6 Å². The van der Waals surface area contributed by atoms with Gasteiger partial charge in [-0.1, -0.05) is 13.8 Å². The molecule has 4 nitrogen and oxygen atoms in total. The summed E-state index contributed by atoms with van der Waals surface area (Å²) in [5, 5.41) is 10.4. The predicted molar refractivity (Wildman–Crippen MR) is 76.9 cm³/mol. The molecule has 0 aliphatic heterocycles. The first-order valence-electron chi connectivity index (χ1n) is 7.29. The van der Waals surface area contributed by atoms with Crippen LogP contribution in [0.5, 0.6) is 0 Å². The van der Waals surface area contributed by atoms with Crippen molar-refractivity contribution < 1.29 is 18.3 Å². The molecule has 1 unspecified atom stereocenters. The average molecular weight is 292 g/mol. The van der Waals surface area contributed by atoms with E-state index in [1.54, 1.807) is 14.0 Å². The standard InChI is InChI=1S/C14H28O4S/c1-4-19(16,17)11-5-6-13(15)14(18-3)9-7-12(2)8-10-14/h12-13,15H,4-11H2,1-3H3. The number of hydrogen-bond acceptors (Lipinski definition) is 4. The highest BCUT2D eigenvalue weighted by Crippen LogP contribution is 2.38. The summed E-state index contributed by atoms with van der Waals surface area (Å²) in [6.45, 7) is 3.88. The first-order chi connectivity index (χ1) is 8.85. The highest BCUT2D eigenvalue weighted by atomic mass is 32.2. The summed E-state index contributed by atoms with van der Waals surface area (Å²) in [5.74, 6) is 1.03. The average Bonchev–Trinajstić information content (AvgIpc) is 2.39. The maximum Gasteiger partial charge on any atom is 0.150 e. The van der Waals surface area contributed by atoms with E-state index in [2.05, 4.69) is 6.92 Å². The molecule has 1 atom stereocenters. The molecule has 0 aromatic carbocycles. The van der Waals surface area contributed by atoms with Crippen molar-refractivity contribution in [2.24, 2.45) is 5.92 Å². The number of methoxy groups -OCH3 is 1. The van der Waals surface area contributed by atoms with Gasteiger partial charge in [0, 0.05) is 12.9 Å². The molecule has 0 radical (unpaired) electrons. The summed E-state index contributed by atoms with van der Waals surface area (Å²) in [7, 11) is -1.28. The van der Waals surface area contributed by atoms with Crippen LogP contribution in [0.2, 0.25) is 0 Å². The van der Waals surface area contributed by atoms with Crippen LogP contribution in [0.25, 0.3) is 0 Å². The summed E-state index contributed by atoms with van der Waals surface area (Å²) < 4.78 is 28.5. The van der Waals surface area contributed by atoms with Gasteiger partial charge in [0.1, 0.15) is 9.84 Å². The third-order valence-electron chi connectivity index (χ3n) is 4.51. The van der Waals surface area contributed by atoms with Gasteiger partial charge in [0.05, 0.1) is 17.5 Å². The van der Waals surface area contributed by atoms with Crippen LogP contribution in [-0.4, -0.2) is 43.8 Å². The molecule has 1 aliphatic rings. The van der Waals surface area contributed by atoms with Crippen molar-refractivity contribution in [3.8, 4) is 0 Å². The lowest BCUT2D eigenvalue weighted by Crippen LogP contribution is -2.47. The van der Waals surface area contributed by atoms with Crippen molar-refractivity contribution in [3.63, 3.8) is 0 Å². The zero-order chi connectivity index (χ0) is 14.5. The van der Waals surface area contributed by atoms with Gasteiger partial charge < -0.3 is 9.84 Å². The molecule has 1 rings (SSSR count). The van der Waals surface area contributed by atoms with Crippen LogP contribution in [0.4, 0.5) is 0 Å². The minimum Gasteiger partial charge on any atom is -0.390 e. The lowest BCUT2D eigenvalue weighted by Gasteiger charge is -2.41. The molecule has 0 bridgehead atoms. The van der Waals surface area contributed by atoms with Gasteiger partial charge in [0.25, 0.3) is 0 Å². The maximum absolute atomic E-state index is 11.4. The second-order valence-electron chi connectivity index (χ2n) is 5.85. The number of hydrogen-bond donors (Lipinski definition) is 1. The molecule has 0 spiro atoms. The van der Waals surface area contributed by atoms with Gasteiger partial charge in [-0.15, -0.1) is 0 Å². The Balaban J connectivity index is 2.48. The predicted octanol–water partition coefficient (Wildman–Crippen LogP) is 2.16. The van der Waals surface area contributed by atoms with Crippen molar-refractivity contribution in [3.05, 3.63) is 0 Å². The van der Waals surface area contributed by atoms with Crippen molar-refractivity contribution in [1.29, 1.82) is 0 Å². The lowest BCUT2D eigenvalue weighted by atomic mass is 9.75. The summed E-state index contributed by atoms with van der Waals surface area (Å²) in [6.07, 6.45) is 4.33. The maximum atomic E-state index is 11.4. The zero-order valence-electron chi connectivity index (χ0n) is 12.4. The monoisotopic (exact) mass is 292 g/mol. The number of aliphatic hydroxyl groups is 1. The fourth-order valence-corrected chi connectivity index (χ4v) is 3.72. The quantitative estimate of drug-likeness (QED) is 0.781. The molecule has 0 amide bonds. The molecule has 1 saturated carbocycles. The zero-order valence-corrected chi connectivity index (χ0v) is 13.2. The van der Waals surface area contributed by atoms with Gasteiger partial charge in [-0.05, 0) is 44.4 Å². The molecule has 0 aromatic heterocycles. The van der Waals surface area contributed by atoms with E-state index in [0.717, 1.165) is 25.7 Å². The van der Waals surface area contributed by atoms with Gasteiger partial charge in [0.15, 0.2) is 0 Å². The number of sulfone groups is 1. The first kappa shape index (κ1) is 16.9. The second-order valence-corrected chi connectivity index (χ2v) is 8.32. The molecule has 1 aliphatic carbocycles. The SMILES string of the molecule is CCS(=O)(=O)CCCC(O)C1(OC)CCC(C)CC1. The van der Waals surface area contributed by atoms with Crippen molar-refractivity contribution >= 4 is 9.84 Å². The molecule has 0 heterocycles. The molecular formula is C14H28O4S. The minimum atomic E-state index is -2.93. The van der Waals surface area contributed by atoms with Gasteiger partial charge >= 0.3 is 0 Å². The van der Waals surface area contributed by atoms with E-state index in [0.29, 0.717) is 18.8 Å². The molecule has 19 heavy (non-hydrogen) atoms. The van der Waals surface area contributed by atoms with E-state index in [1.165, 1.54) is 0 Å². The van der Waals surface area contributed by atoms with Gasteiger partial charge in [0.2, 0.25) is 0 Å². The summed E-state index contributed by atoms with van der Waals surface area (Å²) in [6, 6.07) is 0. The molecule has 5 heteroatoms. The second kappa shape index (κ2) is 7.04. The molecule has 114 valence electrons. The van der Waals surface area contributed by atoms with Crippen molar-refractivity contribution in [2.45, 2.75) is 64.1 Å². The van der Waals surface area contributed by atoms with E-state index in [-0.39, 0.29) is 11.5 Å². The fourth-order valence-electron chi connectivity index (χ4n) is 2.83. The van der Waals surface area contributed by atoms with Crippen LogP contribution < -0.4 is 0 Å².